The minimum atomic E-state index is -3.79. The SMILES string of the molecule is CCc1nc(S(=O)(=O)Cl)cn1Cc1ccn(C)n1. The van der Waals surface area contributed by atoms with Crippen LogP contribution < -0.4 is 0 Å². The van der Waals surface area contributed by atoms with Gasteiger partial charge >= 0.3 is 0 Å². The second-order valence-corrected chi connectivity index (χ2v) is 6.41. The number of rotatable bonds is 4. The van der Waals surface area contributed by atoms with Gasteiger partial charge in [0, 0.05) is 36.5 Å². The van der Waals surface area contributed by atoms with Crippen molar-refractivity contribution in [3.8, 4) is 0 Å². The van der Waals surface area contributed by atoms with Gasteiger partial charge in [0.15, 0.2) is 5.03 Å². The van der Waals surface area contributed by atoms with E-state index in [0.29, 0.717) is 18.8 Å². The lowest BCUT2D eigenvalue weighted by molar-refractivity contribution is 0.606. The summed E-state index contributed by atoms with van der Waals surface area (Å²) in [5.41, 5.74) is 0.836. The predicted molar refractivity (Wildman–Crippen MR) is 67.0 cm³/mol. The zero-order chi connectivity index (χ0) is 13.3. The van der Waals surface area contributed by atoms with Crippen molar-refractivity contribution in [1.82, 2.24) is 19.3 Å². The summed E-state index contributed by atoms with van der Waals surface area (Å²) in [5.74, 6) is 0.667. The summed E-state index contributed by atoms with van der Waals surface area (Å²) >= 11 is 0. The molecule has 0 aliphatic rings. The van der Waals surface area contributed by atoms with Gasteiger partial charge in [-0.05, 0) is 6.07 Å². The van der Waals surface area contributed by atoms with Crippen LogP contribution in [0.5, 0.6) is 0 Å². The molecule has 18 heavy (non-hydrogen) atoms. The molecule has 0 aliphatic heterocycles. The fraction of sp³-hybridized carbons (Fsp3) is 0.400. The predicted octanol–water partition coefficient (Wildman–Crippen LogP) is 1.15. The number of halogens is 1. The molecular weight excluding hydrogens is 276 g/mol. The van der Waals surface area contributed by atoms with E-state index in [1.54, 1.807) is 9.25 Å². The summed E-state index contributed by atoms with van der Waals surface area (Å²) < 4.78 is 25.9. The molecule has 0 amide bonds. The number of aryl methyl sites for hydroxylation is 2. The number of hydrogen-bond donors (Lipinski definition) is 0. The Kier molecular flexibility index (Phi) is 3.45. The fourth-order valence-electron chi connectivity index (χ4n) is 1.69. The Morgan fingerprint density at radius 1 is 1.44 bits per heavy atom. The molecule has 2 aromatic rings. The van der Waals surface area contributed by atoms with Crippen molar-refractivity contribution < 1.29 is 8.42 Å². The van der Waals surface area contributed by atoms with Crippen LogP contribution in [-0.4, -0.2) is 27.7 Å². The van der Waals surface area contributed by atoms with Crippen LogP contribution >= 0.6 is 10.7 Å². The minimum absolute atomic E-state index is 0.114. The minimum Gasteiger partial charge on any atom is -0.327 e. The zero-order valence-electron chi connectivity index (χ0n) is 10.0. The number of nitrogens with zero attached hydrogens (tertiary/aromatic N) is 4. The summed E-state index contributed by atoms with van der Waals surface area (Å²) in [7, 11) is 3.32. The lowest BCUT2D eigenvalue weighted by Crippen LogP contribution is -2.04. The Morgan fingerprint density at radius 2 is 2.17 bits per heavy atom. The van der Waals surface area contributed by atoms with Crippen LogP contribution in [0, 0.1) is 0 Å². The number of hydrogen-bond acceptors (Lipinski definition) is 4. The molecule has 2 rings (SSSR count). The van der Waals surface area contributed by atoms with Gasteiger partial charge < -0.3 is 4.57 Å². The van der Waals surface area contributed by atoms with Gasteiger partial charge in [-0.2, -0.15) is 5.10 Å². The molecule has 0 spiro atoms. The summed E-state index contributed by atoms with van der Waals surface area (Å²) in [6.45, 7) is 2.38. The van der Waals surface area contributed by atoms with Crippen LogP contribution in [0.25, 0.3) is 0 Å². The molecule has 6 nitrogen and oxygen atoms in total. The maximum atomic E-state index is 11.2. The molecule has 0 unspecified atom stereocenters. The second-order valence-electron chi connectivity index (χ2n) is 3.90. The second kappa shape index (κ2) is 4.74. The van der Waals surface area contributed by atoms with Crippen LogP contribution in [0.3, 0.4) is 0 Å². The van der Waals surface area contributed by atoms with Gasteiger partial charge in [-0.3, -0.25) is 4.68 Å². The zero-order valence-corrected chi connectivity index (χ0v) is 11.6. The van der Waals surface area contributed by atoms with Gasteiger partial charge in [0.25, 0.3) is 9.05 Å². The average Bonchev–Trinajstić information content (AvgIpc) is 2.85. The van der Waals surface area contributed by atoms with Gasteiger partial charge in [0.1, 0.15) is 5.82 Å². The molecule has 0 radical (unpaired) electrons. The van der Waals surface area contributed by atoms with E-state index < -0.39 is 9.05 Å². The molecule has 0 atom stereocenters. The van der Waals surface area contributed by atoms with Crippen molar-refractivity contribution in [3.63, 3.8) is 0 Å². The Morgan fingerprint density at radius 3 is 2.67 bits per heavy atom. The first-order chi connectivity index (χ1) is 8.40. The normalized spacial score (nSPS) is 11.9. The van der Waals surface area contributed by atoms with Crippen LogP contribution in [0.4, 0.5) is 0 Å². The maximum absolute atomic E-state index is 11.2. The van der Waals surface area contributed by atoms with Crippen LogP contribution in [0.1, 0.15) is 18.4 Å². The summed E-state index contributed by atoms with van der Waals surface area (Å²) in [6.07, 6.45) is 3.90. The molecule has 0 bridgehead atoms. The molecule has 2 heterocycles. The Balaban J connectivity index is 2.35. The van der Waals surface area contributed by atoms with Crippen LogP contribution in [0.2, 0.25) is 0 Å². The van der Waals surface area contributed by atoms with E-state index in [-0.39, 0.29) is 5.03 Å². The topological polar surface area (TPSA) is 69.8 Å². The quantitative estimate of drug-likeness (QED) is 0.792. The van der Waals surface area contributed by atoms with Crippen molar-refractivity contribution in [2.75, 3.05) is 0 Å². The maximum Gasteiger partial charge on any atom is 0.280 e. The smallest absolute Gasteiger partial charge is 0.280 e. The Labute approximate surface area is 110 Å². The van der Waals surface area contributed by atoms with Crippen LogP contribution in [0.15, 0.2) is 23.5 Å². The first-order valence-electron chi connectivity index (χ1n) is 5.39. The monoisotopic (exact) mass is 288 g/mol. The van der Waals surface area contributed by atoms with Gasteiger partial charge in [-0.1, -0.05) is 6.92 Å². The fourth-order valence-corrected chi connectivity index (χ4v) is 2.38. The molecule has 8 heteroatoms. The number of imidazole rings is 1. The van der Waals surface area contributed by atoms with E-state index in [0.717, 1.165) is 5.69 Å². The Hall–Kier alpha value is -1.34. The third-order valence-electron chi connectivity index (χ3n) is 2.50. The van der Waals surface area contributed by atoms with Crippen molar-refractivity contribution in [2.24, 2.45) is 7.05 Å². The van der Waals surface area contributed by atoms with Crippen molar-refractivity contribution in [3.05, 3.63) is 30.0 Å². The Bertz CT molecular complexity index is 659. The first kappa shape index (κ1) is 13.1. The highest BCUT2D eigenvalue weighted by atomic mass is 35.7. The highest BCUT2D eigenvalue weighted by molar-refractivity contribution is 8.13. The molecule has 2 aromatic heterocycles. The lowest BCUT2D eigenvalue weighted by Gasteiger charge is -2.02. The molecule has 0 aromatic carbocycles. The van der Waals surface area contributed by atoms with Crippen molar-refractivity contribution in [2.45, 2.75) is 24.9 Å². The van der Waals surface area contributed by atoms with E-state index in [4.69, 9.17) is 10.7 Å². The van der Waals surface area contributed by atoms with Crippen molar-refractivity contribution >= 4 is 19.7 Å². The van der Waals surface area contributed by atoms with E-state index in [1.165, 1.54) is 6.20 Å². The highest BCUT2D eigenvalue weighted by Gasteiger charge is 2.17. The lowest BCUT2D eigenvalue weighted by atomic mass is 10.4. The van der Waals surface area contributed by atoms with E-state index in [2.05, 4.69) is 10.1 Å². The largest absolute Gasteiger partial charge is 0.327 e. The van der Waals surface area contributed by atoms with Gasteiger partial charge in [-0.15, -0.1) is 0 Å². The van der Waals surface area contributed by atoms with E-state index in [1.807, 2.05) is 26.2 Å². The number of aromatic nitrogens is 4. The molecule has 0 fully saturated rings. The van der Waals surface area contributed by atoms with Gasteiger partial charge in [0.05, 0.1) is 12.2 Å². The highest BCUT2D eigenvalue weighted by Crippen LogP contribution is 2.15. The molecule has 0 saturated heterocycles. The molecule has 98 valence electrons. The molecule has 0 N–H and O–H groups in total. The summed E-state index contributed by atoms with van der Waals surface area (Å²) in [4.78, 5) is 4.01. The molecular formula is C10H13ClN4O2S. The average molecular weight is 289 g/mol. The van der Waals surface area contributed by atoms with E-state index in [9.17, 15) is 8.42 Å². The third kappa shape index (κ3) is 2.73. The molecule has 0 saturated carbocycles. The van der Waals surface area contributed by atoms with Gasteiger partial charge in [0.2, 0.25) is 0 Å². The summed E-state index contributed by atoms with van der Waals surface area (Å²) in [6, 6.07) is 1.87. The first-order valence-corrected chi connectivity index (χ1v) is 7.70. The van der Waals surface area contributed by atoms with Crippen LogP contribution in [-0.2, 0) is 29.1 Å². The molecule has 0 aliphatic carbocycles. The standard InChI is InChI=1S/C10H13ClN4O2S/c1-3-9-12-10(18(11,16)17)7-15(9)6-8-4-5-14(2)13-8/h4-5,7H,3,6H2,1-2H3. The third-order valence-corrected chi connectivity index (χ3v) is 3.67. The van der Waals surface area contributed by atoms with Crippen molar-refractivity contribution in [1.29, 1.82) is 0 Å². The summed E-state index contributed by atoms with van der Waals surface area (Å²) in [5, 5.41) is 4.12. The van der Waals surface area contributed by atoms with E-state index >= 15 is 0 Å². The van der Waals surface area contributed by atoms with Gasteiger partial charge in [-0.25, -0.2) is 13.4 Å².